The minimum absolute atomic E-state index is 0.0779. The van der Waals surface area contributed by atoms with E-state index in [2.05, 4.69) is 81.5 Å². The first kappa shape index (κ1) is 69.6. The molecule has 5 heteroatoms. The van der Waals surface area contributed by atoms with Gasteiger partial charge >= 0.3 is 11.9 Å². The van der Waals surface area contributed by atoms with E-state index < -0.39 is 6.10 Å². The van der Waals surface area contributed by atoms with E-state index in [1.807, 2.05) is 0 Å². The van der Waals surface area contributed by atoms with Crippen molar-refractivity contribution in [2.75, 3.05) is 19.8 Å². The average molecular weight is 1010 g/mol. The maximum absolute atomic E-state index is 12.9. The molecule has 420 valence electrons. The van der Waals surface area contributed by atoms with E-state index in [-0.39, 0.29) is 25.2 Å². The van der Waals surface area contributed by atoms with Crippen molar-refractivity contribution in [3.05, 3.63) is 60.8 Å². The maximum atomic E-state index is 12.9. The monoisotopic (exact) mass is 1010 g/mol. The summed E-state index contributed by atoms with van der Waals surface area (Å²) in [5, 5.41) is 0. The summed E-state index contributed by atoms with van der Waals surface area (Å²) in [6, 6.07) is 0. The molecule has 72 heavy (non-hydrogen) atoms. The van der Waals surface area contributed by atoms with Crippen LogP contribution in [0.15, 0.2) is 60.8 Å². The van der Waals surface area contributed by atoms with E-state index >= 15 is 0 Å². The smallest absolute Gasteiger partial charge is 0.306 e. The molecule has 0 bridgehead atoms. The van der Waals surface area contributed by atoms with Gasteiger partial charge in [-0.1, -0.05) is 293 Å². The lowest BCUT2D eigenvalue weighted by Crippen LogP contribution is -2.30. The number of rotatable bonds is 59. The molecule has 0 saturated heterocycles. The molecule has 0 aliphatic rings. The van der Waals surface area contributed by atoms with Crippen LogP contribution in [0.3, 0.4) is 0 Å². The Kier molecular flexibility index (Phi) is 60.8. The normalized spacial score (nSPS) is 12.5. The molecule has 1 unspecified atom stereocenters. The Bertz CT molecular complexity index is 1230. The van der Waals surface area contributed by atoms with Crippen molar-refractivity contribution in [1.82, 2.24) is 0 Å². The molecule has 0 aromatic carbocycles. The maximum Gasteiger partial charge on any atom is 0.306 e. The number of hydrogen-bond donors (Lipinski definition) is 0. The summed E-state index contributed by atoms with van der Waals surface area (Å²) in [4.78, 5) is 25.6. The molecule has 0 aliphatic heterocycles. The van der Waals surface area contributed by atoms with Gasteiger partial charge in [-0.15, -0.1) is 0 Å². The fourth-order valence-corrected chi connectivity index (χ4v) is 9.32. The van der Waals surface area contributed by atoms with Gasteiger partial charge in [0.25, 0.3) is 0 Å². The first-order valence-corrected chi connectivity index (χ1v) is 31.8. The highest BCUT2D eigenvalue weighted by atomic mass is 16.6. The topological polar surface area (TPSA) is 61.8 Å². The Hall–Kier alpha value is -2.40. The third kappa shape index (κ3) is 60.2. The Morgan fingerprint density at radius 3 is 1.01 bits per heavy atom. The van der Waals surface area contributed by atoms with Crippen LogP contribution in [0.25, 0.3) is 0 Å². The SMILES string of the molecule is CC/C=C\C/C=C\C/C=C\C/C=C\CCCCCCC(=O)OC(COCCCCCCCCCCCC/C=C\CCCCCCCC)COC(=O)CCCCCCCCCCCCCCCCCCCCC. The Morgan fingerprint density at radius 2 is 0.625 bits per heavy atom. The molecule has 1 atom stereocenters. The van der Waals surface area contributed by atoms with Gasteiger partial charge in [-0.3, -0.25) is 9.59 Å². The zero-order valence-electron chi connectivity index (χ0n) is 48.5. The lowest BCUT2D eigenvalue weighted by molar-refractivity contribution is -0.163. The largest absolute Gasteiger partial charge is 0.462 e. The molecule has 0 heterocycles. The van der Waals surface area contributed by atoms with Gasteiger partial charge in [0.2, 0.25) is 0 Å². The van der Waals surface area contributed by atoms with Gasteiger partial charge in [0.15, 0.2) is 6.10 Å². The van der Waals surface area contributed by atoms with Crippen LogP contribution in [0.5, 0.6) is 0 Å². The fraction of sp³-hybridized carbons (Fsp3) is 0.821. The van der Waals surface area contributed by atoms with Crippen molar-refractivity contribution in [2.45, 2.75) is 335 Å². The van der Waals surface area contributed by atoms with Crippen LogP contribution in [0, 0.1) is 0 Å². The van der Waals surface area contributed by atoms with Crippen molar-refractivity contribution in [3.8, 4) is 0 Å². The van der Waals surface area contributed by atoms with Gasteiger partial charge in [0.1, 0.15) is 6.61 Å². The zero-order chi connectivity index (χ0) is 52.0. The van der Waals surface area contributed by atoms with Crippen LogP contribution in [0.4, 0.5) is 0 Å². The van der Waals surface area contributed by atoms with Crippen molar-refractivity contribution in [1.29, 1.82) is 0 Å². The summed E-state index contributed by atoms with van der Waals surface area (Å²) in [5.41, 5.74) is 0. The van der Waals surface area contributed by atoms with E-state index in [0.29, 0.717) is 19.4 Å². The van der Waals surface area contributed by atoms with Crippen molar-refractivity contribution in [2.24, 2.45) is 0 Å². The molecule has 0 radical (unpaired) electrons. The number of esters is 2. The molecular formula is C67H122O5. The molecule has 5 nitrogen and oxygen atoms in total. The van der Waals surface area contributed by atoms with Crippen molar-refractivity contribution >= 4 is 11.9 Å². The van der Waals surface area contributed by atoms with Gasteiger partial charge in [0, 0.05) is 19.4 Å². The second kappa shape index (κ2) is 62.9. The molecule has 0 amide bonds. The third-order valence-corrected chi connectivity index (χ3v) is 14.0. The van der Waals surface area contributed by atoms with Gasteiger partial charge in [-0.2, -0.15) is 0 Å². The lowest BCUT2D eigenvalue weighted by Gasteiger charge is -2.18. The minimum atomic E-state index is -0.550. The summed E-state index contributed by atoms with van der Waals surface area (Å²) in [7, 11) is 0. The number of ether oxygens (including phenoxy) is 3. The molecule has 0 fully saturated rings. The molecule has 0 aliphatic carbocycles. The third-order valence-electron chi connectivity index (χ3n) is 14.0. The molecule has 0 rings (SSSR count). The summed E-state index contributed by atoms with van der Waals surface area (Å²) >= 11 is 0. The highest BCUT2D eigenvalue weighted by molar-refractivity contribution is 5.70. The standard InChI is InChI=1S/C67H122O5/c1-4-7-10-13-16-19-22-25-28-31-33-35-38-41-44-47-50-53-56-59-62-70-63-65(72-67(69)61-58-55-52-49-46-43-40-36-30-27-24-21-18-15-12-9-6-3)64-71-66(68)60-57-54-51-48-45-42-39-37-34-32-29-26-23-20-17-14-11-8-5-2/h9,12,18,21,25,27-28,30,40,43,65H,4-8,10-11,13-17,19-20,22-24,26,29,31-39,41-42,44-64H2,1-3H3/b12-9-,21-18-,28-25-,30-27-,43-40-. The average Bonchev–Trinajstić information content (AvgIpc) is 3.38. The lowest BCUT2D eigenvalue weighted by atomic mass is 10.0. The van der Waals surface area contributed by atoms with Crippen LogP contribution in [-0.4, -0.2) is 37.9 Å². The van der Waals surface area contributed by atoms with E-state index in [0.717, 1.165) is 83.5 Å². The Balaban J connectivity index is 4.27. The van der Waals surface area contributed by atoms with E-state index in [1.165, 1.54) is 212 Å². The number of allylic oxidation sites excluding steroid dienone is 10. The van der Waals surface area contributed by atoms with Gasteiger partial charge < -0.3 is 14.2 Å². The van der Waals surface area contributed by atoms with E-state index in [4.69, 9.17) is 14.2 Å². The van der Waals surface area contributed by atoms with Crippen LogP contribution in [-0.2, 0) is 23.8 Å². The van der Waals surface area contributed by atoms with E-state index in [1.54, 1.807) is 0 Å². The molecule has 0 saturated carbocycles. The number of unbranched alkanes of at least 4 members (excludes halogenated alkanes) is 38. The molecule has 0 N–H and O–H groups in total. The summed E-state index contributed by atoms with van der Waals surface area (Å²) in [6.45, 7) is 7.74. The second-order valence-electron chi connectivity index (χ2n) is 21.3. The summed E-state index contributed by atoms with van der Waals surface area (Å²) < 4.78 is 17.5. The Morgan fingerprint density at radius 1 is 0.319 bits per heavy atom. The van der Waals surface area contributed by atoms with Gasteiger partial charge in [-0.05, 0) is 83.5 Å². The quantitative estimate of drug-likeness (QED) is 0.0345. The summed E-state index contributed by atoms with van der Waals surface area (Å²) in [5.74, 6) is -0.407. The zero-order valence-corrected chi connectivity index (χ0v) is 48.5. The summed E-state index contributed by atoms with van der Waals surface area (Å²) in [6.07, 6.45) is 81.2. The first-order chi connectivity index (χ1) is 35.6. The van der Waals surface area contributed by atoms with Crippen LogP contribution >= 0.6 is 0 Å². The van der Waals surface area contributed by atoms with Gasteiger partial charge in [-0.25, -0.2) is 0 Å². The van der Waals surface area contributed by atoms with Crippen LogP contribution in [0.1, 0.15) is 329 Å². The first-order valence-electron chi connectivity index (χ1n) is 31.8. The minimum Gasteiger partial charge on any atom is -0.462 e. The predicted octanol–water partition coefficient (Wildman–Crippen LogP) is 22.0. The van der Waals surface area contributed by atoms with E-state index in [9.17, 15) is 9.59 Å². The predicted molar refractivity (Wildman–Crippen MR) is 316 cm³/mol. The molecular weight excluding hydrogens is 885 g/mol. The van der Waals surface area contributed by atoms with Crippen LogP contribution < -0.4 is 0 Å². The molecule has 0 spiro atoms. The number of carbonyl (C=O) groups is 2. The second-order valence-corrected chi connectivity index (χ2v) is 21.3. The highest BCUT2D eigenvalue weighted by Crippen LogP contribution is 2.17. The number of carbonyl (C=O) groups excluding carboxylic acids is 2. The molecule has 0 aromatic rings. The van der Waals surface area contributed by atoms with Gasteiger partial charge in [0.05, 0.1) is 6.61 Å². The fourth-order valence-electron chi connectivity index (χ4n) is 9.32. The Labute approximate surface area is 449 Å². The molecule has 0 aromatic heterocycles. The van der Waals surface area contributed by atoms with Crippen molar-refractivity contribution in [3.63, 3.8) is 0 Å². The highest BCUT2D eigenvalue weighted by Gasteiger charge is 2.17. The number of hydrogen-bond acceptors (Lipinski definition) is 5. The van der Waals surface area contributed by atoms with Crippen molar-refractivity contribution < 1.29 is 23.8 Å². The van der Waals surface area contributed by atoms with Crippen LogP contribution in [0.2, 0.25) is 0 Å².